The molecular formula is C16H24N2O. The molecule has 0 spiro atoms. The van der Waals surface area contributed by atoms with E-state index in [1.165, 1.54) is 38.6 Å². The lowest BCUT2D eigenvalue weighted by Gasteiger charge is -2.40. The summed E-state index contributed by atoms with van der Waals surface area (Å²) in [6, 6.07) is 5.11. The average molecular weight is 260 g/mol. The van der Waals surface area contributed by atoms with Gasteiger partial charge in [-0.15, -0.1) is 0 Å². The summed E-state index contributed by atoms with van der Waals surface area (Å²) in [5.41, 5.74) is 6.07. The molecule has 2 saturated carbocycles. The van der Waals surface area contributed by atoms with Gasteiger partial charge in [0.05, 0.1) is 12.3 Å². The minimum Gasteiger partial charge on any atom is -0.468 e. The second-order valence-electron chi connectivity index (χ2n) is 6.89. The fourth-order valence-corrected chi connectivity index (χ4v) is 5.10. The van der Waals surface area contributed by atoms with Crippen molar-refractivity contribution >= 4 is 0 Å². The average Bonchev–Trinajstić information content (AvgIpc) is 2.84. The Bertz CT molecular complexity index is 416. The van der Waals surface area contributed by atoms with Crippen molar-refractivity contribution in [3.05, 3.63) is 24.2 Å². The van der Waals surface area contributed by atoms with Gasteiger partial charge in [0.1, 0.15) is 5.76 Å². The van der Waals surface area contributed by atoms with Crippen LogP contribution in [0, 0.1) is 17.8 Å². The van der Waals surface area contributed by atoms with Crippen LogP contribution < -0.4 is 5.73 Å². The molecule has 3 nitrogen and oxygen atoms in total. The molecule has 4 aliphatic rings. The van der Waals surface area contributed by atoms with E-state index in [0.717, 1.165) is 29.6 Å². The standard InChI is InChI=1S/C16H24N2O/c17-9-15(16-2-1-3-19-16)18-10-13-5-11-4-12(6-13)8-14(18)7-11/h1-3,11-15H,4-10,17H2. The molecule has 0 radical (unpaired) electrons. The molecule has 3 unspecified atom stereocenters. The lowest BCUT2D eigenvalue weighted by molar-refractivity contribution is 0.0889. The minimum atomic E-state index is 0.290. The first-order valence-electron chi connectivity index (χ1n) is 7.82. The molecule has 0 aromatic carbocycles. The number of hydrogen-bond donors (Lipinski definition) is 1. The van der Waals surface area contributed by atoms with Gasteiger partial charge in [-0.05, 0) is 62.0 Å². The summed E-state index contributed by atoms with van der Waals surface area (Å²) < 4.78 is 5.65. The van der Waals surface area contributed by atoms with Crippen LogP contribution in [0.1, 0.15) is 43.9 Å². The van der Waals surface area contributed by atoms with E-state index in [0.29, 0.717) is 6.54 Å². The molecule has 4 bridgehead atoms. The van der Waals surface area contributed by atoms with Gasteiger partial charge < -0.3 is 10.2 Å². The van der Waals surface area contributed by atoms with Crippen LogP contribution in [-0.2, 0) is 0 Å². The van der Waals surface area contributed by atoms with Crippen LogP contribution in [0.2, 0.25) is 0 Å². The van der Waals surface area contributed by atoms with E-state index in [1.807, 2.05) is 6.07 Å². The number of rotatable bonds is 3. The molecule has 5 rings (SSSR count). The predicted octanol–water partition coefficient (Wildman–Crippen LogP) is 2.79. The highest BCUT2D eigenvalue weighted by atomic mass is 16.3. The summed E-state index contributed by atoms with van der Waals surface area (Å²) in [5, 5.41) is 0. The molecule has 0 amide bonds. The second-order valence-corrected chi connectivity index (χ2v) is 6.89. The van der Waals surface area contributed by atoms with Gasteiger partial charge in [0, 0.05) is 19.1 Å². The fraction of sp³-hybridized carbons (Fsp3) is 0.750. The van der Waals surface area contributed by atoms with Crippen LogP contribution in [0.15, 0.2) is 22.8 Å². The maximum absolute atomic E-state index is 6.07. The monoisotopic (exact) mass is 260 g/mol. The Morgan fingerprint density at radius 3 is 2.53 bits per heavy atom. The maximum atomic E-state index is 6.07. The highest BCUT2D eigenvalue weighted by Gasteiger charge is 2.44. The summed E-state index contributed by atoms with van der Waals surface area (Å²) in [4.78, 5) is 2.68. The Morgan fingerprint density at radius 2 is 1.89 bits per heavy atom. The first kappa shape index (κ1) is 12.0. The van der Waals surface area contributed by atoms with Crippen LogP contribution in [-0.4, -0.2) is 24.0 Å². The third-order valence-corrected chi connectivity index (χ3v) is 5.64. The molecule has 3 atom stereocenters. The van der Waals surface area contributed by atoms with Crippen LogP contribution in [0.4, 0.5) is 0 Å². The molecule has 1 aromatic rings. The molecule has 19 heavy (non-hydrogen) atoms. The van der Waals surface area contributed by atoms with E-state index >= 15 is 0 Å². The van der Waals surface area contributed by atoms with Gasteiger partial charge in [0.15, 0.2) is 0 Å². The Kier molecular flexibility index (Phi) is 2.92. The van der Waals surface area contributed by atoms with Crippen molar-refractivity contribution in [2.24, 2.45) is 23.5 Å². The lowest BCUT2D eigenvalue weighted by atomic mass is 9.68. The minimum absolute atomic E-state index is 0.290. The van der Waals surface area contributed by atoms with Gasteiger partial charge in [0.25, 0.3) is 0 Å². The number of furan rings is 1. The summed E-state index contributed by atoms with van der Waals surface area (Å²) in [6.45, 7) is 1.91. The normalized spacial score (nSPS) is 39.4. The van der Waals surface area contributed by atoms with Crippen LogP contribution in [0.5, 0.6) is 0 Å². The molecule has 3 heteroatoms. The van der Waals surface area contributed by atoms with E-state index in [2.05, 4.69) is 11.0 Å². The van der Waals surface area contributed by atoms with E-state index < -0.39 is 0 Å². The van der Waals surface area contributed by atoms with E-state index in [4.69, 9.17) is 10.2 Å². The number of nitrogens with zero attached hydrogens (tertiary/aromatic N) is 1. The Hall–Kier alpha value is -0.800. The second kappa shape index (κ2) is 4.64. The van der Waals surface area contributed by atoms with E-state index in [9.17, 15) is 0 Å². The van der Waals surface area contributed by atoms with Gasteiger partial charge >= 0.3 is 0 Å². The molecule has 3 heterocycles. The van der Waals surface area contributed by atoms with Gasteiger partial charge in [-0.1, -0.05) is 0 Å². The molecule has 1 aromatic heterocycles. The third-order valence-electron chi connectivity index (χ3n) is 5.64. The van der Waals surface area contributed by atoms with Crippen molar-refractivity contribution in [1.29, 1.82) is 0 Å². The van der Waals surface area contributed by atoms with Crippen molar-refractivity contribution < 1.29 is 4.42 Å². The molecule has 2 aliphatic carbocycles. The smallest absolute Gasteiger partial charge is 0.122 e. The fourth-order valence-electron chi connectivity index (χ4n) is 5.10. The van der Waals surface area contributed by atoms with Gasteiger partial charge in [-0.2, -0.15) is 0 Å². The number of hydrogen-bond acceptors (Lipinski definition) is 3. The summed E-state index contributed by atoms with van der Waals surface area (Å²) >= 11 is 0. The molecule has 4 fully saturated rings. The van der Waals surface area contributed by atoms with E-state index in [1.54, 1.807) is 6.26 Å². The zero-order valence-corrected chi connectivity index (χ0v) is 11.5. The summed E-state index contributed by atoms with van der Waals surface area (Å²) in [7, 11) is 0. The quantitative estimate of drug-likeness (QED) is 0.908. The molecular weight excluding hydrogens is 236 g/mol. The van der Waals surface area contributed by atoms with Crippen molar-refractivity contribution in [3.8, 4) is 0 Å². The zero-order chi connectivity index (χ0) is 12.8. The molecule has 2 aliphatic heterocycles. The largest absolute Gasteiger partial charge is 0.468 e. The first-order chi connectivity index (χ1) is 9.33. The van der Waals surface area contributed by atoms with Crippen molar-refractivity contribution in [2.75, 3.05) is 13.1 Å². The Balaban J connectivity index is 1.63. The van der Waals surface area contributed by atoms with Crippen molar-refractivity contribution in [3.63, 3.8) is 0 Å². The van der Waals surface area contributed by atoms with Crippen molar-refractivity contribution in [2.45, 2.75) is 44.2 Å². The highest BCUT2D eigenvalue weighted by Crippen LogP contribution is 2.49. The molecule has 2 N–H and O–H groups in total. The molecule has 2 saturated heterocycles. The van der Waals surface area contributed by atoms with E-state index in [-0.39, 0.29) is 6.04 Å². The van der Waals surface area contributed by atoms with Gasteiger partial charge in [-0.3, -0.25) is 4.90 Å². The summed E-state index contributed by atoms with van der Waals surface area (Å²) in [6.07, 6.45) is 8.97. The van der Waals surface area contributed by atoms with Gasteiger partial charge in [-0.25, -0.2) is 0 Å². The third kappa shape index (κ3) is 2.03. The van der Waals surface area contributed by atoms with Crippen LogP contribution >= 0.6 is 0 Å². The summed E-state index contributed by atoms with van der Waals surface area (Å²) in [5.74, 6) is 3.94. The predicted molar refractivity (Wildman–Crippen MR) is 74.6 cm³/mol. The van der Waals surface area contributed by atoms with Crippen molar-refractivity contribution in [1.82, 2.24) is 4.90 Å². The van der Waals surface area contributed by atoms with Gasteiger partial charge in [0.2, 0.25) is 0 Å². The van der Waals surface area contributed by atoms with Crippen LogP contribution in [0.25, 0.3) is 0 Å². The molecule has 104 valence electrons. The topological polar surface area (TPSA) is 42.4 Å². The van der Waals surface area contributed by atoms with Crippen LogP contribution in [0.3, 0.4) is 0 Å². The maximum Gasteiger partial charge on any atom is 0.122 e. The highest BCUT2D eigenvalue weighted by molar-refractivity contribution is 5.08. The Labute approximate surface area is 115 Å². The Morgan fingerprint density at radius 1 is 1.16 bits per heavy atom. The first-order valence-corrected chi connectivity index (χ1v) is 7.82. The lowest BCUT2D eigenvalue weighted by Crippen LogP contribution is -2.43. The number of fused-ring (bicyclic) bond motifs is 1. The SMILES string of the molecule is NCC(c1ccco1)N1CC2CC3CC(C2)CC1C3. The number of nitrogens with two attached hydrogens (primary N) is 1. The zero-order valence-electron chi connectivity index (χ0n) is 11.5.